The smallest absolute Gasteiger partial charge is 0.303 e. The summed E-state index contributed by atoms with van der Waals surface area (Å²) in [5.74, 6) is -2.05. The molecule has 0 radical (unpaired) electrons. The Balaban J connectivity index is 1.70. The Kier molecular flexibility index (Phi) is 7.69. The average Bonchev–Trinajstić information content (AvgIpc) is 3.37. The number of anilines is 2. The number of rotatable bonds is 11. The normalized spacial score (nSPS) is 14.6. The largest absolute Gasteiger partial charge is 0.481 e. The van der Waals surface area contributed by atoms with Crippen LogP contribution in [0.15, 0.2) is 48.5 Å². The Bertz CT molecular complexity index is 1340. The van der Waals surface area contributed by atoms with Gasteiger partial charge >= 0.3 is 5.97 Å². The van der Waals surface area contributed by atoms with Crippen LogP contribution in [0.25, 0.3) is 10.9 Å². The number of carbonyl (C=O) groups is 3. The van der Waals surface area contributed by atoms with E-state index in [0.29, 0.717) is 30.0 Å². The molecule has 36 heavy (non-hydrogen) atoms. The third kappa shape index (κ3) is 4.96. The molecule has 2 aromatic carbocycles. The number of aryl methyl sites for hydroxylation is 1. The van der Waals surface area contributed by atoms with Crippen molar-refractivity contribution in [3.05, 3.63) is 59.8 Å². The molecule has 0 aliphatic carbocycles. The third-order valence-corrected chi connectivity index (χ3v) is 6.66. The van der Waals surface area contributed by atoms with Crippen LogP contribution in [-0.2, 0) is 16.1 Å². The summed E-state index contributed by atoms with van der Waals surface area (Å²) in [5.41, 5.74) is 3.21. The van der Waals surface area contributed by atoms with Crippen LogP contribution >= 0.6 is 0 Å². The number of fused-ring (bicyclic) bond motifs is 2. The Morgan fingerprint density at radius 3 is 2.67 bits per heavy atom. The number of carbonyl (C=O) groups excluding carboxylic acids is 2. The SMILES string of the molecule is CCCCCN1C(=O)C(CCC(=O)O)c2c(NC(=O)c3cc4ccccc4n3CCC#N)cccc21. The maximum Gasteiger partial charge on any atom is 0.303 e. The van der Waals surface area contributed by atoms with Gasteiger partial charge in [-0.1, -0.05) is 44.0 Å². The van der Waals surface area contributed by atoms with E-state index in [2.05, 4.69) is 18.3 Å². The fraction of sp³-hybridized carbons (Fsp3) is 0.357. The van der Waals surface area contributed by atoms with E-state index in [1.165, 1.54) is 0 Å². The number of amides is 2. The van der Waals surface area contributed by atoms with E-state index in [1.807, 2.05) is 34.9 Å². The number of nitriles is 1. The van der Waals surface area contributed by atoms with Gasteiger partial charge in [0.25, 0.3) is 5.91 Å². The predicted molar refractivity (Wildman–Crippen MR) is 138 cm³/mol. The molecule has 1 aromatic heterocycles. The highest BCUT2D eigenvalue weighted by atomic mass is 16.4. The van der Waals surface area contributed by atoms with Crippen LogP contribution in [0.1, 0.15) is 67.4 Å². The summed E-state index contributed by atoms with van der Waals surface area (Å²) in [6, 6.07) is 17.0. The van der Waals surface area contributed by atoms with Crippen molar-refractivity contribution in [1.29, 1.82) is 5.26 Å². The first-order valence-corrected chi connectivity index (χ1v) is 12.4. The van der Waals surface area contributed by atoms with Gasteiger partial charge in [-0.2, -0.15) is 5.26 Å². The van der Waals surface area contributed by atoms with Crippen LogP contribution < -0.4 is 10.2 Å². The standard InChI is InChI=1S/C28H30N4O4/c1-2-3-6-16-32-23-12-7-10-21(26(23)20(28(32)36)13-14-25(33)34)30-27(35)24-18-19-9-4-5-11-22(19)31(24)17-8-15-29/h4-5,7,9-12,18,20H,2-3,6,8,13-14,16-17H2,1H3,(H,30,35)(H,33,34). The number of hydrogen-bond donors (Lipinski definition) is 2. The molecule has 1 atom stereocenters. The van der Waals surface area contributed by atoms with Gasteiger partial charge in [0.05, 0.1) is 18.4 Å². The second-order valence-corrected chi connectivity index (χ2v) is 9.02. The summed E-state index contributed by atoms with van der Waals surface area (Å²) < 4.78 is 1.83. The molecule has 186 valence electrons. The molecule has 0 saturated carbocycles. The molecule has 2 N–H and O–H groups in total. The highest BCUT2D eigenvalue weighted by Crippen LogP contribution is 2.44. The van der Waals surface area contributed by atoms with Crippen LogP contribution in [0.3, 0.4) is 0 Å². The second kappa shape index (κ2) is 11.1. The molecular weight excluding hydrogens is 456 g/mol. The lowest BCUT2D eigenvalue weighted by atomic mass is 9.94. The molecule has 4 rings (SSSR count). The molecule has 2 heterocycles. The van der Waals surface area contributed by atoms with Crippen LogP contribution in [-0.4, -0.2) is 34.0 Å². The first-order valence-electron chi connectivity index (χ1n) is 12.4. The average molecular weight is 487 g/mol. The van der Waals surface area contributed by atoms with Gasteiger partial charge in [0.1, 0.15) is 5.69 Å². The summed E-state index contributed by atoms with van der Waals surface area (Å²) in [6.45, 7) is 3.03. The fourth-order valence-electron chi connectivity index (χ4n) is 4.97. The number of aliphatic carboxylic acids is 1. The molecule has 0 saturated heterocycles. The quantitative estimate of drug-likeness (QED) is 0.357. The summed E-state index contributed by atoms with van der Waals surface area (Å²) in [5, 5.41) is 22.3. The van der Waals surface area contributed by atoms with Crippen molar-refractivity contribution in [3.63, 3.8) is 0 Å². The van der Waals surface area contributed by atoms with Gasteiger partial charge in [-0.3, -0.25) is 14.4 Å². The molecule has 3 aromatic rings. The Morgan fingerprint density at radius 2 is 1.92 bits per heavy atom. The molecule has 1 aliphatic heterocycles. The van der Waals surface area contributed by atoms with Crippen LogP contribution in [0, 0.1) is 11.3 Å². The topological polar surface area (TPSA) is 115 Å². The summed E-state index contributed by atoms with van der Waals surface area (Å²) in [6.07, 6.45) is 3.15. The number of benzene rings is 2. The first kappa shape index (κ1) is 25.0. The van der Waals surface area contributed by atoms with Crippen molar-refractivity contribution in [2.45, 2.75) is 57.9 Å². The maximum atomic E-state index is 13.5. The van der Waals surface area contributed by atoms with E-state index in [9.17, 15) is 19.5 Å². The second-order valence-electron chi connectivity index (χ2n) is 9.02. The molecule has 2 amide bonds. The fourth-order valence-corrected chi connectivity index (χ4v) is 4.97. The monoisotopic (exact) mass is 486 g/mol. The van der Waals surface area contributed by atoms with Crippen molar-refractivity contribution in [2.75, 3.05) is 16.8 Å². The van der Waals surface area contributed by atoms with E-state index in [0.717, 1.165) is 35.9 Å². The van der Waals surface area contributed by atoms with Crippen molar-refractivity contribution in [1.82, 2.24) is 4.57 Å². The van der Waals surface area contributed by atoms with Gasteiger partial charge in [0.15, 0.2) is 0 Å². The number of aromatic nitrogens is 1. The number of para-hydroxylation sites is 1. The van der Waals surface area contributed by atoms with Gasteiger partial charge in [-0.25, -0.2) is 0 Å². The lowest BCUT2D eigenvalue weighted by Gasteiger charge is -2.18. The van der Waals surface area contributed by atoms with E-state index in [4.69, 9.17) is 5.26 Å². The number of carboxylic acids is 1. The van der Waals surface area contributed by atoms with Crippen molar-refractivity contribution >= 4 is 40.1 Å². The molecule has 8 nitrogen and oxygen atoms in total. The zero-order valence-electron chi connectivity index (χ0n) is 20.4. The van der Waals surface area contributed by atoms with Gasteiger partial charge in [0.2, 0.25) is 5.91 Å². The summed E-state index contributed by atoms with van der Waals surface area (Å²) in [7, 11) is 0. The Morgan fingerprint density at radius 1 is 1.11 bits per heavy atom. The number of unbranched alkanes of at least 4 members (excludes halogenated alkanes) is 2. The van der Waals surface area contributed by atoms with Gasteiger partial charge in [0, 0.05) is 47.4 Å². The molecular formula is C28H30N4O4. The van der Waals surface area contributed by atoms with Gasteiger partial charge < -0.3 is 19.9 Å². The lowest BCUT2D eigenvalue weighted by Crippen LogP contribution is -2.30. The van der Waals surface area contributed by atoms with E-state index < -0.39 is 11.9 Å². The van der Waals surface area contributed by atoms with Gasteiger partial charge in [-0.15, -0.1) is 0 Å². The van der Waals surface area contributed by atoms with Crippen molar-refractivity contribution < 1.29 is 19.5 Å². The minimum absolute atomic E-state index is 0.118. The van der Waals surface area contributed by atoms with Crippen LogP contribution in [0.5, 0.6) is 0 Å². The molecule has 8 heteroatoms. The minimum Gasteiger partial charge on any atom is -0.481 e. The highest BCUT2D eigenvalue weighted by Gasteiger charge is 2.39. The Labute approximate surface area is 210 Å². The summed E-state index contributed by atoms with van der Waals surface area (Å²) in [4.78, 5) is 39.9. The zero-order chi connectivity index (χ0) is 25.7. The van der Waals surface area contributed by atoms with E-state index in [-0.39, 0.29) is 31.1 Å². The van der Waals surface area contributed by atoms with Crippen LogP contribution in [0.4, 0.5) is 11.4 Å². The minimum atomic E-state index is -0.961. The highest BCUT2D eigenvalue weighted by molar-refractivity contribution is 6.11. The molecule has 0 spiro atoms. The zero-order valence-corrected chi connectivity index (χ0v) is 20.4. The molecule has 1 unspecified atom stereocenters. The molecule has 0 fully saturated rings. The number of carboxylic acid groups (broad SMARTS) is 1. The van der Waals surface area contributed by atoms with Gasteiger partial charge in [-0.05, 0) is 37.1 Å². The number of hydrogen-bond acceptors (Lipinski definition) is 4. The molecule has 0 bridgehead atoms. The third-order valence-electron chi connectivity index (χ3n) is 6.66. The first-order chi connectivity index (χ1) is 17.5. The van der Waals surface area contributed by atoms with Crippen LogP contribution in [0.2, 0.25) is 0 Å². The van der Waals surface area contributed by atoms with E-state index in [1.54, 1.807) is 23.1 Å². The van der Waals surface area contributed by atoms with Crippen molar-refractivity contribution in [3.8, 4) is 6.07 Å². The lowest BCUT2D eigenvalue weighted by molar-refractivity contribution is -0.137. The van der Waals surface area contributed by atoms with E-state index >= 15 is 0 Å². The summed E-state index contributed by atoms with van der Waals surface area (Å²) >= 11 is 0. The van der Waals surface area contributed by atoms with Crippen molar-refractivity contribution in [2.24, 2.45) is 0 Å². The number of nitrogens with zero attached hydrogens (tertiary/aromatic N) is 3. The maximum absolute atomic E-state index is 13.5. The Hall–Kier alpha value is -4.12. The number of nitrogens with one attached hydrogen (secondary N) is 1. The molecule has 1 aliphatic rings. The predicted octanol–water partition coefficient (Wildman–Crippen LogP) is 5.29.